The molecule has 156 valence electrons. The zero-order valence-corrected chi connectivity index (χ0v) is 16.6. The van der Waals surface area contributed by atoms with Crippen LogP contribution in [0.25, 0.3) is 17.2 Å². The Morgan fingerprint density at radius 3 is 2.63 bits per heavy atom. The summed E-state index contributed by atoms with van der Waals surface area (Å²) in [4.78, 5) is 8.46. The molecule has 0 unspecified atom stereocenters. The lowest BCUT2D eigenvalue weighted by molar-refractivity contribution is 0.143. The zero-order valence-electron chi connectivity index (χ0n) is 16.6. The van der Waals surface area contributed by atoms with Crippen LogP contribution in [0.2, 0.25) is 0 Å². The van der Waals surface area contributed by atoms with Crippen molar-refractivity contribution in [2.24, 2.45) is 0 Å². The SMILES string of the molecule is COCCOc1cnc(COc2nn3c(-c4cc(C)on4)nnc3cc2OC)cn1. The molecule has 0 aliphatic heterocycles. The first-order chi connectivity index (χ1) is 14.7. The van der Waals surface area contributed by atoms with Crippen LogP contribution in [0.4, 0.5) is 0 Å². The molecule has 4 heterocycles. The molecule has 0 amide bonds. The molecular formula is C18H19N7O5. The third kappa shape index (κ3) is 4.12. The summed E-state index contributed by atoms with van der Waals surface area (Å²) in [5, 5.41) is 16.6. The lowest BCUT2D eigenvalue weighted by Gasteiger charge is -2.10. The van der Waals surface area contributed by atoms with Gasteiger partial charge in [-0.15, -0.1) is 15.3 Å². The minimum absolute atomic E-state index is 0.126. The van der Waals surface area contributed by atoms with Crippen molar-refractivity contribution in [3.63, 3.8) is 0 Å². The van der Waals surface area contributed by atoms with Gasteiger partial charge in [0.05, 0.1) is 31.8 Å². The van der Waals surface area contributed by atoms with Gasteiger partial charge in [0.25, 0.3) is 5.88 Å². The van der Waals surface area contributed by atoms with Gasteiger partial charge >= 0.3 is 0 Å². The van der Waals surface area contributed by atoms with Gasteiger partial charge in [0.2, 0.25) is 11.7 Å². The predicted molar refractivity (Wildman–Crippen MR) is 101 cm³/mol. The standard InChI is InChI=1S/C18H19N7O5/c1-11-6-13(24-30-11)17-22-21-15-7-14(27-3)18(23-25(15)17)29-10-12-8-20-16(9-19-12)28-5-4-26-2/h6-9H,4-5,10H2,1-3H3. The lowest BCUT2D eigenvalue weighted by atomic mass is 10.3. The number of hydrogen-bond donors (Lipinski definition) is 0. The molecule has 0 aliphatic carbocycles. The van der Waals surface area contributed by atoms with E-state index >= 15 is 0 Å². The van der Waals surface area contributed by atoms with E-state index < -0.39 is 0 Å². The van der Waals surface area contributed by atoms with E-state index in [9.17, 15) is 0 Å². The van der Waals surface area contributed by atoms with Crippen LogP contribution in [0.15, 0.2) is 29.0 Å². The fraction of sp³-hybridized carbons (Fsp3) is 0.333. The maximum atomic E-state index is 5.81. The van der Waals surface area contributed by atoms with Gasteiger partial charge in [0.15, 0.2) is 17.1 Å². The maximum absolute atomic E-state index is 5.81. The quantitative estimate of drug-likeness (QED) is 0.370. The van der Waals surface area contributed by atoms with Gasteiger partial charge in [-0.3, -0.25) is 4.98 Å². The molecule has 0 bridgehead atoms. The normalized spacial score (nSPS) is 11.0. The minimum atomic E-state index is 0.126. The Morgan fingerprint density at radius 2 is 1.93 bits per heavy atom. The predicted octanol–water partition coefficient (Wildman–Crippen LogP) is 1.49. The minimum Gasteiger partial charge on any atom is -0.491 e. The van der Waals surface area contributed by atoms with Gasteiger partial charge in [-0.05, 0) is 6.92 Å². The van der Waals surface area contributed by atoms with Crippen LogP contribution in [0, 0.1) is 6.92 Å². The molecule has 0 N–H and O–H groups in total. The van der Waals surface area contributed by atoms with Crippen molar-refractivity contribution in [2.75, 3.05) is 27.4 Å². The van der Waals surface area contributed by atoms with Crippen molar-refractivity contribution in [3.05, 3.63) is 36.0 Å². The molecule has 30 heavy (non-hydrogen) atoms. The Morgan fingerprint density at radius 1 is 1.03 bits per heavy atom. The second kappa shape index (κ2) is 8.69. The van der Waals surface area contributed by atoms with Gasteiger partial charge in [-0.1, -0.05) is 5.16 Å². The number of ether oxygens (including phenoxy) is 4. The number of hydrogen-bond acceptors (Lipinski definition) is 11. The van der Waals surface area contributed by atoms with Crippen LogP contribution in [0.1, 0.15) is 11.5 Å². The molecule has 0 saturated carbocycles. The van der Waals surface area contributed by atoms with Crippen LogP contribution >= 0.6 is 0 Å². The fourth-order valence-corrected chi connectivity index (χ4v) is 2.54. The zero-order chi connectivity index (χ0) is 20.9. The third-order valence-corrected chi connectivity index (χ3v) is 3.98. The summed E-state index contributed by atoms with van der Waals surface area (Å²) in [6, 6.07) is 3.42. The molecule has 4 aromatic heterocycles. The van der Waals surface area contributed by atoms with Crippen LogP contribution in [0.3, 0.4) is 0 Å². The number of methoxy groups -OCH3 is 2. The largest absolute Gasteiger partial charge is 0.491 e. The van der Waals surface area contributed by atoms with E-state index in [4.69, 9.17) is 23.5 Å². The molecule has 0 radical (unpaired) electrons. The summed E-state index contributed by atoms with van der Waals surface area (Å²) in [6.45, 7) is 2.79. The van der Waals surface area contributed by atoms with Crippen molar-refractivity contribution >= 4 is 5.65 Å². The number of aromatic nitrogens is 7. The van der Waals surface area contributed by atoms with E-state index in [2.05, 4.69) is 30.4 Å². The van der Waals surface area contributed by atoms with Crippen molar-refractivity contribution in [3.8, 4) is 29.0 Å². The second-order valence-electron chi connectivity index (χ2n) is 6.11. The summed E-state index contributed by atoms with van der Waals surface area (Å²) >= 11 is 0. The smallest absolute Gasteiger partial charge is 0.275 e. The molecule has 0 saturated heterocycles. The first-order valence-corrected chi connectivity index (χ1v) is 8.97. The highest BCUT2D eigenvalue weighted by molar-refractivity contribution is 5.56. The molecule has 0 aromatic carbocycles. The molecule has 12 nitrogen and oxygen atoms in total. The average Bonchev–Trinajstić information content (AvgIpc) is 3.38. The Balaban J connectivity index is 1.53. The van der Waals surface area contributed by atoms with Crippen LogP contribution < -0.4 is 14.2 Å². The van der Waals surface area contributed by atoms with E-state index in [1.807, 2.05) is 0 Å². The van der Waals surface area contributed by atoms with Gasteiger partial charge in [0.1, 0.15) is 19.0 Å². The van der Waals surface area contributed by atoms with E-state index in [0.717, 1.165) is 0 Å². The fourth-order valence-electron chi connectivity index (χ4n) is 2.54. The van der Waals surface area contributed by atoms with Crippen LogP contribution in [-0.4, -0.2) is 62.4 Å². The third-order valence-electron chi connectivity index (χ3n) is 3.98. The molecule has 0 aliphatic rings. The highest BCUT2D eigenvalue weighted by Crippen LogP contribution is 2.28. The number of nitrogens with zero attached hydrogens (tertiary/aromatic N) is 7. The number of aryl methyl sites for hydroxylation is 1. The van der Waals surface area contributed by atoms with Crippen LogP contribution in [-0.2, 0) is 11.3 Å². The van der Waals surface area contributed by atoms with E-state index in [1.54, 1.807) is 32.4 Å². The second-order valence-corrected chi connectivity index (χ2v) is 6.11. The van der Waals surface area contributed by atoms with Crippen molar-refractivity contribution in [2.45, 2.75) is 13.5 Å². The van der Waals surface area contributed by atoms with Gasteiger partial charge in [0, 0.05) is 19.2 Å². The number of fused-ring (bicyclic) bond motifs is 1. The molecule has 0 spiro atoms. The highest BCUT2D eigenvalue weighted by Gasteiger charge is 2.18. The molecule has 12 heteroatoms. The van der Waals surface area contributed by atoms with Crippen molar-refractivity contribution in [1.82, 2.24) is 34.9 Å². The van der Waals surface area contributed by atoms with E-state index in [0.29, 0.717) is 53.5 Å². The Hall–Kier alpha value is -3.80. The van der Waals surface area contributed by atoms with Crippen molar-refractivity contribution < 1.29 is 23.5 Å². The number of rotatable bonds is 9. The highest BCUT2D eigenvalue weighted by atomic mass is 16.5. The van der Waals surface area contributed by atoms with E-state index in [-0.39, 0.29) is 12.5 Å². The lowest BCUT2D eigenvalue weighted by Crippen LogP contribution is -2.07. The summed E-state index contributed by atoms with van der Waals surface area (Å²) in [7, 11) is 3.12. The molecule has 4 rings (SSSR count). The summed E-state index contributed by atoms with van der Waals surface area (Å²) in [6.07, 6.45) is 3.09. The Labute approximate surface area is 170 Å². The summed E-state index contributed by atoms with van der Waals surface area (Å²) in [5.74, 6) is 2.13. The first-order valence-electron chi connectivity index (χ1n) is 8.97. The Bertz CT molecular complexity index is 1130. The van der Waals surface area contributed by atoms with Gasteiger partial charge < -0.3 is 23.5 Å². The monoisotopic (exact) mass is 413 g/mol. The van der Waals surface area contributed by atoms with Gasteiger partial charge in [-0.2, -0.15) is 4.52 Å². The summed E-state index contributed by atoms with van der Waals surface area (Å²) < 4.78 is 28.1. The average molecular weight is 413 g/mol. The molecule has 0 atom stereocenters. The molecule has 4 aromatic rings. The summed E-state index contributed by atoms with van der Waals surface area (Å²) in [5.41, 5.74) is 1.58. The van der Waals surface area contributed by atoms with E-state index in [1.165, 1.54) is 17.8 Å². The topological polar surface area (TPSA) is 132 Å². The first kappa shape index (κ1) is 19.5. The van der Waals surface area contributed by atoms with Crippen LogP contribution in [0.5, 0.6) is 17.5 Å². The molecular weight excluding hydrogens is 394 g/mol. The van der Waals surface area contributed by atoms with Gasteiger partial charge in [-0.25, -0.2) is 4.98 Å². The Kier molecular flexibility index (Phi) is 5.66. The maximum Gasteiger partial charge on any atom is 0.275 e. The van der Waals surface area contributed by atoms with Crippen molar-refractivity contribution in [1.29, 1.82) is 0 Å². The molecule has 0 fully saturated rings.